The number of halogens is 1. The highest BCUT2D eigenvalue weighted by Crippen LogP contribution is 2.38. The van der Waals surface area contributed by atoms with Crippen molar-refractivity contribution in [1.29, 1.82) is 0 Å². The molecule has 2 atom stereocenters. The predicted molar refractivity (Wildman–Crippen MR) is 140 cm³/mol. The molecule has 0 spiro atoms. The summed E-state index contributed by atoms with van der Waals surface area (Å²) in [5.41, 5.74) is 2.80. The van der Waals surface area contributed by atoms with Crippen LogP contribution in [0.15, 0.2) is 53.3 Å². The number of tetrazole rings is 1. The first kappa shape index (κ1) is 23.6. The number of Topliss-reactive ketones (excluding diaryl/α,β-unsaturated/α-hetero) is 1. The van der Waals surface area contributed by atoms with Crippen molar-refractivity contribution in [2.24, 2.45) is 10.9 Å². The van der Waals surface area contributed by atoms with Gasteiger partial charge in [-0.25, -0.2) is 9.50 Å². The van der Waals surface area contributed by atoms with Gasteiger partial charge in [-0.1, -0.05) is 6.07 Å². The molecule has 13 heteroatoms. The second kappa shape index (κ2) is 9.33. The molecule has 2 fully saturated rings. The Bertz CT molecular complexity index is 1620. The van der Waals surface area contributed by atoms with Crippen molar-refractivity contribution in [3.63, 3.8) is 0 Å². The number of rotatable bonds is 7. The zero-order valence-electron chi connectivity index (χ0n) is 21.3. The van der Waals surface area contributed by atoms with Crippen molar-refractivity contribution in [2.75, 3.05) is 23.3 Å². The van der Waals surface area contributed by atoms with E-state index in [1.165, 1.54) is 30.7 Å². The number of aliphatic imine (C=N–C) groups is 1. The fourth-order valence-corrected chi connectivity index (χ4v) is 5.27. The molecule has 1 saturated carbocycles. The number of aryl methyl sites for hydroxylation is 1. The van der Waals surface area contributed by atoms with Gasteiger partial charge in [0, 0.05) is 31.8 Å². The Hall–Kier alpha value is -4.55. The molecule has 198 valence electrons. The van der Waals surface area contributed by atoms with Crippen LogP contribution in [0.5, 0.6) is 0 Å². The van der Waals surface area contributed by atoms with Gasteiger partial charge < -0.3 is 10.2 Å². The van der Waals surface area contributed by atoms with Gasteiger partial charge in [-0.2, -0.15) is 14.2 Å². The molecule has 1 saturated heterocycles. The zero-order chi connectivity index (χ0) is 26.5. The summed E-state index contributed by atoms with van der Waals surface area (Å²) in [5.74, 6) is 2.38. The number of fused-ring (bicyclic) bond motifs is 1. The molecule has 0 bridgehead atoms. The zero-order valence-corrected chi connectivity index (χ0v) is 21.3. The van der Waals surface area contributed by atoms with Crippen LogP contribution in [0.4, 0.5) is 16.2 Å². The third-order valence-electron chi connectivity index (χ3n) is 7.41. The Kier molecular flexibility index (Phi) is 5.63. The maximum atomic E-state index is 13.6. The van der Waals surface area contributed by atoms with E-state index in [-0.39, 0.29) is 18.2 Å². The number of aromatic nitrogens is 8. The number of anilines is 2. The van der Waals surface area contributed by atoms with Gasteiger partial charge >= 0.3 is 0 Å². The molecule has 12 nitrogen and oxygen atoms in total. The molecule has 4 aromatic rings. The van der Waals surface area contributed by atoms with Gasteiger partial charge in [-0.05, 0) is 66.3 Å². The van der Waals surface area contributed by atoms with E-state index in [0.717, 1.165) is 17.9 Å². The first-order valence-electron chi connectivity index (χ1n) is 13.0. The van der Waals surface area contributed by atoms with Crippen LogP contribution in [0.1, 0.15) is 36.7 Å². The summed E-state index contributed by atoms with van der Waals surface area (Å²) in [6.07, 6.45) is 8.38. The van der Waals surface area contributed by atoms with Gasteiger partial charge in [-0.3, -0.25) is 9.79 Å². The minimum atomic E-state index is -0.583. The van der Waals surface area contributed by atoms with Crippen LogP contribution >= 0.6 is 0 Å². The Morgan fingerprint density at radius 1 is 1.21 bits per heavy atom. The van der Waals surface area contributed by atoms with Gasteiger partial charge in [0.1, 0.15) is 11.4 Å². The van der Waals surface area contributed by atoms with Crippen molar-refractivity contribution in [1.82, 2.24) is 39.8 Å². The smallest absolute Gasteiger partial charge is 0.246 e. The van der Waals surface area contributed by atoms with Crippen molar-refractivity contribution < 1.29 is 9.18 Å². The summed E-state index contributed by atoms with van der Waals surface area (Å²) in [6, 6.07) is 5.93. The SMILES string of the molecule is Cc1nnn([C@H]2C[C@@H](C(=O)Cc3ccc(F)nc3)N(c3nc(NC4=NCC(C5CC5)=C4)c4cccn4n3)C2)n1. The van der Waals surface area contributed by atoms with Crippen LogP contribution in [0, 0.1) is 18.8 Å². The number of ketones is 1. The van der Waals surface area contributed by atoms with Crippen LogP contribution < -0.4 is 10.2 Å². The Morgan fingerprint density at radius 3 is 2.87 bits per heavy atom. The van der Waals surface area contributed by atoms with E-state index in [2.05, 4.69) is 36.8 Å². The summed E-state index contributed by atoms with van der Waals surface area (Å²) < 4.78 is 15.1. The minimum Gasteiger partial charge on any atom is -0.327 e. The summed E-state index contributed by atoms with van der Waals surface area (Å²) in [6.45, 7) is 2.91. The van der Waals surface area contributed by atoms with E-state index in [1.807, 2.05) is 23.2 Å². The fraction of sp³-hybridized carbons (Fsp3) is 0.385. The average molecular weight is 528 g/mol. The molecule has 39 heavy (non-hydrogen) atoms. The molecule has 0 aromatic carbocycles. The van der Waals surface area contributed by atoms with E-state index < -0.39 is 12.0 Å². The number of carbonyl (C=O) groups excluding carboxylic acids is 1. The Labute approximate surface area is 222 Å². The molecule has 1 aliphatic carbocycles. The number of hydrogen-bond acceptors (Lipinski definition) is 10. The normalized spacial score (nSPS) is 20.9. The summed E-state index contributed by atoms with van der Waals surface area (Å²) >= 11 is 0. The summed E-state index contributed by atoms with van der Waals surface area (Å²) in [4.78, 5) is 30.3. The molecule has 7 rings (SSSR count). The second-order valence-corrected chi connectivity index (χ2v) is 10.3. The van der Waals surface area contributed by atoms with Gasteiger partial charge in [0.25, 0.3) is 0 Å². The van der Waals surface area contributed by atoms with Gasteiger partial charge in [0.2, 0.25) is 11.9 Å². The van der Waals surface area contributed by atoms with Crippen LogP contribution in [-0.4, -0.2) is 70.5 Å². The minimum absolute atomic E-state index is 0.0503. The quantitative estimate of drug-likeness (QED) is 0.360. The second-order valence-electron chi connectivity index (χ2n) is 10.3. The molecule has 0 radical (unpaired) electrons. The maximum absolute atomic E-state index is 13.6. The molecular weight excluding hydrogens is 501 g/mol. The first-order valence-corrected chi connectivity index (χ1v) is 13.0. The number of nitrogens with zero attached hydrogens (tertiary/aromatic N) is 10. The lowest BCUT2D eigenvalue weighted by molar-refractivity contribution is -0.119. The summed E-state index contributed by atoms with van der Waals surface area (Å²) in [5, 5.41) is 20.7. The lowest BCUT2D eigenvalue weighted by Gasteiger charge is -2.24. The number of amidine groups is 1. The average Bonchev–Trinajstić information content (AvgIpc) is 3.33. The highest BCUT2D eigenvalue weighted by Gasteiger charge is 2.40. The topological polar surface area (TPSA) is 131 Å². The molecule has 6 heterocycles. The van der Waals surface area contributed by atoms with Crippen molar-refractivity contribution in [3.05, 3.63) is 65.6 Å². The lowest BCUT2D eigenvalue weighted by atomic mass is 10.0. The predicted octanol–water partition coefficient (Wildman–Crippen LogP) is 2.35. The standard InChI is InChI=1S/C26H26FN11O/c1-15-32-35-38(33-15)19-11-21(22(39)9-16-4-7-23(27)28-12-16)36(14-19)26-31-25(20-3-2-8-37(20)34-26)30-24-10-18(13-29-24)17-5-6-17/h2-4,7-8,10,12,17,19,21H,5-6,9,11,13-14H2,1H3,(H,29,30,31,34)/t19-,21-/m0/s1. The van der Waals surface area contributed by atoms with Crippen LogP contribution in [0.25, 0.3) is 5.52 Å². The van der Waals surface area contributed by atoms with E-state index in [0.29, 0.717) is 42.0 Å². The lowest BCUT2D eigenvalue weighted by Crippen LogP contribution is -2.38. The van der Waals surface area contributed by atoms with Gasteiger partial charge in [-0.15, -0.1) is 15.3 Å². The van der Waals surface area contributed by atoms with E-state index >= 15 is 0 Å². The van der Waals surface area contributed by atoms with E-state index in [9.17, 15) is 9.18 Å². The number of carbonyl (C=O) groups is 1. The van der Waals surface area contributed by atoms with Crippen LogP contribution in [-0.2, 0) is 11.2 Å². The first-order chi connectivity index (χ1) is 19.0. The molecule has 1 N–H and O–H groups in total. The molecule has 0 unspecified atom stereocenters. The number of pyridine rings is 1. The third kappa shape index (κ3) is 4.64. The Balaban J connectivity index is 1.22. The van der Waals surface area contributed by atoms with Crippen LogP contribution in [0.2, 0.25) is 0 Å². The van der Waals surface area contributed by atoms with Crippen molar-refractivity contribution in [3.8, 4) is 0 Å². The van der Waals surface area contributed by atoms with E-state index in [4.69, 9.17) is 10.1 Å². The molecular formula is C26H26FN11O. The highest BCUT2D eigenvalue weighted by molar-refractivity contribution is 6.07. The highest BCUT2D eigenvalue weighted by atomic mass is 19.1. The monoisotopic (exact) mass is 527 g/mol. The molecule has 4 aromatic heterocycles. The Morgan fingerprint density at radius 2 is 2.10 bits per heavy atom. The van der Waals surface area contributed by atoms with Crippen molar-refractivity contribution >= 4 is 28.9 Å². The van der Waals surface area contributed by atoms with Crippen LogP contribution in [0.3, 0.4) is 0 Å². The number of hydrogen-bond donors (Lipinski definition) is 1. The van der Waals surface area contributed by atoms with Crippen molar-refractivity contribution in [2.45, 2.75) is 44.7 Å². The van der Waals surface area contributed by atoms with Gasteiger partial charge in [0.05, 0.1) is 18.6 Å². The van der Waals surface area contributed by atoms with Gasteiger partial charge in [0.15, 0.2) is 17.4 Å². The number of nitrogens with one attached hydrogen (secondary N) is 1. The van der Waals surface area contributed by atoms with E-state index in [1.54, 1.807) is 22.3 Å². The molecule has 3 aliphatic rings. The molecule has 2 aliphatic heterocycles. The fourth-order valence-electron chi connectivity index (χ4n) is 5.27. The maximum Gasteiger partial charge on any atom is 0.246 e. The summed E-state index contributed by atoms with van der Waals surface area (Å²) in [7, 11) is 0. The molecule has 0 amide bonds. The third-order valence-corrected chi connectivity index (χ3v) is 7.41. The largest absolute Gasteiger partial charge is 0.327 e.